The van der Waals surface area contributed by atoms with Gasteiger partial charge >= 0.3 is 0 Å². The van der Waals surface area contributed by atoms with Crippen molar-refractivity contribution in [3.8, 4) is 0 Å². The predicted molar refractivity (Wildman–Crippen MR) is 100.0 cm³/mol. The zero-order valence-electron chi connectivity index (χ0n) is 15.1. The van der Waals surface area contributed by atoms with Crippen LogP contribution in [0.25, 0.3) is 0 Å². The van der Waals surface area contributed by atoms with Crippen LogP contribution in [0, 0.1) is 0 Å². The van der Waals surface area contributed by atoms with Gasteiger partial charge in [0.05, 0.1) is 5.71 Å². The minimum atomic E-state index is -0.241. The van der Waals surface area contributed by atoms with Gasteiger partial charge in [-0.1, -0.05) is 44.0 Å². The highest BCUT2D eigenvalue weighted by atomic mass is 16.2. The molecule has 1 heterocycles. The number of carbonyl (C=O) groups excluding carboxylic acids is 1. The van der Waals surface area contributed by atoms with Crippen molar-refractivity contribution < 1.29 is 4.79 Å². The smallest absolute Gasteiger partial charge is 0.281 e. The van der Waals surface area contributed by atoms with Crippen LogP contribution in [0.15, 0.2) is 29.4 Å². The summed E-state index contributed by atoms with van der Waals surface area (Å²) in [5.41, 5.74) is 8.41. The minimum Gasteiger partial charge on any atom is -0.281 e. The summed E-state index contributed by atoms with van der Waals surface area (Å²) in [7, 11) is 0. The van der Waals surface area contributed by atoms with Crippen LogP contribution >= 0.6 is 0 Å². The molecule has 0 atom stereocenters. The van der Waals surface area contributed by atoms with Crippen molar-refractivity contribution in [1.29, 1.82) is 0 Å². The lowest BCUT2D eigenvalue weighted by atomic mass is 10.0. The van der Waals surface area contributed by atoms with E-state index in [1.807, 2.05) is 6.92 Å². The fourth-order valence-electron chi connectivity index (χ4n) is 3.25. The van der Waals surface area contributed by atoms with E-state index in [-0.39, 0.29) is 5.91 Å². The number of amides is 1. The molecular weight excluding hydrogens is 312 g/mol. The topological polar surface area (TPSA) is 70.1 Å². The number of nitrogens with one attached hydrogen (secondary N) is 2. The maximum atomic E-state index is 12.3. The number of carbonyl (C=O) groups is 1. The van der Waals surface area contributed by atoms with E-state index in [4.69, 9.17) is 0 Å². The molecular formula is C20H26N4O. The number of H-pyrrole nitrogens is 1. The normalized spacial score (nSPS) is 13.8. The monoisotopic (exact) mass is 338 g/mol. The number of aryl methyl sites for hydroxylation is 2. The van der Waals surface area contributed by atoms with Crippen molar-refractivity contribution in [2.45, 2.75) is 58.8 Å². The molecule has 2 aromatic rings. The molecule has 3 rings (SSSR count). The zero-order chi connectivity index (χ0) is 17.6. The molecule has 25 heavy (non-hydrogen) atoms. The van der Waals surface area contributed by atoms with Crippen LogP contribution in [0.1, 0.15) is 72.4 Å². The van der Waals surface area contributed by atoms with E-state index in [0.717, 1.165) is 48.2 Å². The van der Waals surface area contributed by atoms with Gasteiger partial charge in [0.2, 0.25) is 0 Å². The second kappa shape index (κ2) is 8.10. The van der Waals surface area contributed by atoms with Crippen molar-refractivity contribution in [3.05, 3.63) is 52.3 Å². The number of hydrazone groups is 1. The van der Waals surface area contributed by atoms with Crippen LogP contribution in [0.4, 0.5) is 0 Å². The Kier molecular flexibility index (Phi) is 5.64. The molecule has 0 aliphatic heterocycles. The van der Waals surface area contributed by atoms with Crippen LogP contribution in [0.5, 0.6) is 0 Å². The van der Waals surface area contributed by atoms with E-state index >= 15 is 0 Å². The van der Waals surface area contributed by atoms with Gasteiger partial charge in [-0.15, -0.1) is 0 Å². The maximum absolute atomic E-state index is 12.3. The summed E-state index contributed by atoms with van der Waals surface area (Å²) in [5.74, 6) is -0.241. The van der Waals surface area contributed by atoms with Crippen molar-refractivity contribution in [2.24, 2.45) is 5.10 Å². The molecule has 1 aliphatic carbocycles. The van der Waals surface area contributed by atoms with Gasteiger partial charge < -0.3 is 0 Å². The van der Waals surface area contributed by atoms with Crippen LogP contribution < -0.4 is 5.43 Å². The van der Waals surface area contributed by atoms with Gasteiger partial charge in [0, 0.05) is 11.3 Å². The van der Waals surface area contributed by atoms with E-state index in [1.165, 1.54) is 24.8 Å². The number of aromatic nitrogens is 2. The minimum absolute atomic E-state index is 0.241. The summed E-state index contributed by atoms with van der Waals surface area (Å²) in [4.78, 5) is 12.3. The largest absolute Gasteiger partial charge is 0.292 e. The molecule has 0 bridgehead atoms. The second-order valence-corrected chi connectivity index (χ2v) is 6.68. The highest BCUT2D eigenvalue weighted by Gasteiger charge is 2.22. The Morgan fingerprint density at radius 3 is 2.80 bits per heavy atom. The number of unbranched alkanes of at least 4 members (excludes halogenated alkanes) is 2. The third kappa shape index (κ3) is 4.16. The standard InChI is InChI=1S/C20H26N4O/c1-3-4-5-7-15-10-12-16(13-11-15)14(2)21-24-20(25)19-17-8-6-9-18(17)22-23-19/h10-13H,3-9H2,1-2H3,(H,22,23)(H,24,25). The van der Waals surface area contributed by atoms with Gasteiger partial charge in [-0.05, 0) is 50.2 Å². The van der Waals surface area contributed by atoms with Gasteiger partial charge in [-0.2, -0.15) is 10.2 Å². The number of rotatable bonds is 7. The first-order valence-electron chi connectivity index (χ1n) is 9.19. The quantitative estimate of drug-likeness (QED) is 0.458. The van der Waals surface area contributed by atoms with Crippen LogP contribution in [0.2, 0.25) is 0 Å². The second-order valence-electron chi connectivity index (χ2n) is 6.68. The lowest BCUT2D eigenvalue weighted by Gasteiger charge is -2.05. The fraction of sp³-hybridized carbons (Fsp3) is 0.450. The lowest BCUT2D eigenvalue weighted by molar-refractivity contribution is 0.0949. The zero-order valence-corrected chi connectivity index (χ0v) is 15.1. The van der Waals surface area contributed by atoms with Crippen molar-refractivity contribution >= 4 is 11.6 Å². The van der Waals surface area contributed by atoms with Gasteiger partial charge in [-0.25, -0.2) is 5.43 Å². The molecule has 1 aliphatic rings. The number of hydrogen-bond acceptors (Lipinski definition) is 3. The SMILES string of the molecule is CCCCCc1ccc(C(C)=NNC(=O)c2n[nH]c3c2CCC3)cc1. The van der Waals surface area contributed by atoms with Crippen LogP contribution in [0.3, 0.4) is 0 Å². The average Bonchev–Trinajstić information content (AvgIpc) is 3.23. The van der Waals surface area contributed by atoms with Crippen molar-refractivity contribution in [2.75, 3.05) is 0 Å². The first kappa shape index (κ1) is 17.4. The predicted octanol–water partition coefficient (Wildman–Crippen LogP) is 3.79. The molecule has 0 spiro atoms. The number of benzene rings is 1. The van der Waals surface area contributed by atoms with E-state index < -0.39 is 0 Å². The molecule has 2 N–H and O–H groups in total. The van der Waals surface area contributed by atoms with Gasteiger partial charge in [0.25, 0.3) is 5.91 Å². The summed E-state index contributed by atoms with van der Waals surface area (Å²) in [5, 5.41) is 11.3. The molecule has 0 saturated carbocycles. The third-order valence-electron chi connectivity index (χ3n) is 4.79. The Hall–Kier alpha value is -2.43. The molecule has 1 amide bonds. The number of fused-ring (bicyclic) bond motifs is 1. The molecule has 0 fully saturated rings. The summed E-state index contributed by atoms with van der Waals surface area (Å²) >= 11 is 0. The van der Waals surface area contributed by atoms with Crippen molar-refractivity contribution in [3.63, 3.8) is 0 Å². The summed E-state index contributed by atoms with van der Waals surface area (Å²) < 4.78 is 0. The van der Waals surface area contributed by atoms with Crippen LogP contribution in [-0.2, 0) is 19.3 Å². The molecule has 132 valence electrons. The molecule has 0 radical (unpaired) electrons. The molecule has 5 heteroatoms. The summed E-state index contributed by atoms with van der Waals surface area (Å²) in [6, 6.07) is 8.43. The summed E-state index contributed by atoms with van der Waals surface area (Å²) in [6.07, 6.45) is 7.82. The molecule has 1 aromatic carbocycles. The Labute approximate surface area is 148 Å². The highest BCUT2D eigenvalue weighted by molar-refractivity contribution is 6.00. The third-order valence-corrected chi connectivity index (χ3v) is 4.79. The first-order chi connectivity index (χ1) is 12.2. The van der Waals surface area contributed by atoms with E-state index in [9.17, 15) is 4.79 Å². The molecule has 1 aromatic heterocycles. The molecule has 0 saturated heterocycles. The van der Waals surface area contributed by atoms with Gasteiger partial charge in [0.1, 0.15) is 0 Å². The maximum Gasteiger partial charge on any atom is 0.292 e. The Balaban J connectivity index is 1.60. The Morgan fingerprint density at radius 1 is 1.24 bits per heavy atom. The molecule has 5 nitrogen and oxygen atoms in total. The first-order valence-corrected chi connectivity index (χ1v) is 9.19. The lowest BCUT2D eigenvalue weighted by Crippen LogP contribution is -2.21. The number of hydrogen-bond donors (Lipinski definition) is 2. The Bertz CT molecular complexity index is 759. The fourth-order valence-corrected chi connectivity index (χ4v) is 3.25. The van der Waals surface area contributed by atoms with E-state index in [2.05, 4.69) is 51.9 Å². The van der Waals surface area contributed by atoms with Crippen molar-refractivity contribution in [1.82, 2.24) is 15.6 Å². The van der Waals surface area contributed by atoms with E-state index in [1.54, 1.807) is 0 Å². The summed E-state index contributed by atoms with van der Waals surface area (Å²) in [6.45, 7) is 4.12. The highest BCUT2D eigenvalue weighted by Crippen LogP contribution is 2.22. The number of aromatic amines is 1. The Morgan fingerprint density at radius 2 is 2.04 bits per heavy atom. The number of nitrogens with zero attached hydrogens (tertiary/aromatic N) is 2. The van der Waals surface area contributed by atoms with Gasteiger partial charge in [0.15, 0.2) is 5.69 Å². The molecule has 0 unspecified atom stereocenters. The van der Waals surface area contributed by atoms with Gasteiger partial charge in [-0.3, -0.25) is 9.89 Å². The average molecular weight is 338 g/mol. The van der Waals surface area contributed by atoms with E-state index in [0.29, 0.717) is 5.69 Å². The van der Waals surface area contributed by atoms with Crippen LogP contribution in [-0.4, -0.2) is 21.8 Å².